The Morgan fingerprint density at radius 2 is 1.74 bits per heavy atom. The number of aryl methyl sites for hydroxylation is 1. The first kappa shape index (κ1) is 22.4. The largest absolute Gasteiger partial charge is 0.334 e. The molecule has 0 spiro atoms. The molecule has 6 rings (SSSR count). The van der Waals surface area contributed by atoms with E-state index in [2.05, 4.69) is 23.3 Å². The monoisotopic (exact) mass is 476 g/mol. The van der Waals surface area contributed by atoms with E-state index in [4.69, 9.17) is 4.98 Å². The fourth-order valence-electron chi connectivity index (χ4n) is 5.43. The highest BCUT2D eigenvalue weighted by molar-refractivity contribution is 6.00. The molecule has 0 atom stereocenters. The summed E-state index contributed by atoms with van der Waals surface area (Å²) in [6, 6.07) is 10.1. The van der Waals surface area contributed by atoms with Crippen LogP contribution in [0.2, 0.25) is 0 Å². The number of alkyl halides is 2. The predicted octanol–water partition coefficient (Wildman–Crippen LogP) is 6.11. The molecule has 0 radical (unpaired) electrons. The molecular weight excluding hydrogens is 446 g/mol. The fourth-order valence-corrected chi connectivity index (χ4v) is 5.43. The van der Waals surface area contributed by atoms with Crippen LogP contribution in [0.25, 0.3) is 22.4 Å². The zero-order chi connectivity index (χ0) is 24.2. The Morgan fingerprint density at radius 3 is 2.51 bits per heavy atom. The Balaban J connectivity index is 1.26. The van der Waals surface area contributed by atoms with Gasteiger partial charge in [0.15, 0.2) is 0 Å². The highest BCUT2D eigenvalue weighted by atomic mass is 19.3. The van der Waals surface area contributed by atoms with Crippen LogP contribution < -0.4 is 0 Å². The average Bonchev–Trinajstić information content (AvgIpc) is 3.45. The highest BCUT2D eigenvalue weighted by Crippen LogP contribution is 2.38. The van der Waals surface area contributed by atoms with Crippen molar-refractivity contribution in [3.05, 3.63) is 59.5 Å². The minimum atomic E-state index is -2.51. The van der Waals surface area contributed by atoms with Crippen LogP contribution >= 0.6 is 0 Å². The molecule has 1 amide bonds. The molecule has 2 aromatic heterocycles. The maximum Gasteiger partial charge on any atom is 0.254 e. The van der Waals surface area contributed by atoms with Gasteiger partial charge in [0, 0.05) is 66.6 Å². The van der Waals surface area contributed by atoms with Gasteiger partial charge < -0.3 is 4.90 Å². The molecule has 182 valence electrons. The number of benzene rings is 1. The molecule has 3 aliphatic rings. The molecule has 2 aliphatic carbocycles. The molecule has 5 nitrogen and oxygen atoms in total. The van der Waals surface area contributed by atoms with E-state index < -0.39 is 5.92 Å². The standard InChI is InChI=1S/C28H30F2N4O/c1-18-2-7-24(23-13-31-34(17-23)15-20-8-10-28(29,30)11-9-20)26(32-18)21-5-6-22-16-33(14-19-3-4-19)27(35)25(22)12-21/h2,5-7,12-13,17,19-20H,3-4,8-11,14-16H2,1H3. The predicted molar refractivity (Wildman–Crippen MR) is 130 cm³/mol. The van der Waals surface area contributed by atoms with Gasteiger partial charge in [-0.05, 0) is 62.1 Å². The molecule has 2 saturated carbocycles. The van der Waals surface area contributed by atoms with Crippen LogP contribution in [-0.2, 0) is 13.1 Å². The Labute approximate surface area is 204 Å². The van der Waals surface area contributed by atoms with E-state index >= 15 is 0 Å². The Kier molecular flexibility index (Phi) is 5.46. The number of hydrogen-bond acceptors (Lipinski definition) is 3. The van der Waals surface area contributed by atoms with Gasteiger partial charge in [0.25, 0.3) is 5.91 Å². The van der Waals surface area contributed by atoms with Gasteiger partial charge in [0.05, 0.1) is 11.9 Å². The maximum atomic E-state index is 13.5. The summed E-state index contributed by atoms with van der Waals surface area (Å²) in [7, 11) is 0. The van der Waals surface area contributed by atoms with Crippen molar-refractivity contribution in [2.75, 3.05) is 6.54 Å². The van der Waals surface area contributed by atoms with E-state index in [1.54, 1.807) is 0 Å². The van der Waals surface area contributed by atoms with Crippen molar-refractivity contribution >= 4 is 5.91 Å². The van der Waals surface area contributed by atoms with Crippen molar-refractivity contribution in [3.8, 4) is 22.4 Å². The number of nitrogens with zero attached hydrogens (tertiary/aromatic N) is 4. The lowest BCUT2D eigenvalue weighted by molar-refractivity contribution is -0.0476. The third-order valence-corrected chi connectivity index (χ3v) is 7.70. The zero-order valence-electron chi connectivity index (χ0n) is 20.0. The number of carbonyl (C=O) groups is 1. The van der Waals surface area contributed by atoms with Crippen molar-refractivity contribution in [1.29, 1.82) is 0 Å². The lowest BCUT2D eigenvalue weighted by Crippen LogP contribution is -2.26. The van der Waals surface area contributed by atoms with Crippen molar-refractivity contribution in [3.63, 3.8) is 0 Å². The van der Waals surface area contributed by atoms with Crippen LogP contribution in [-0.4, -0.2) is 38.0 Å². The van der Waals surface area contributed by atoms with Crippen LogP contribution in [0.15, 0.2) is 42.7 Å². The smallest absolute Gasteiger partial charge is 0.254 e. The summed E-state index contributed by atoms with van der Waals surface area (Å²) >= 11 is 0. The Hall–Kier alpha value is -3.09. The second-order valence-electron chi connectivity index (χ2n) is 10.6. The first-order valence-electron chi connectivity index (χ1n) is 12.7. The first-order valence-corrected chi connectivity index (χ1v) is 12.7. The van der Waals surface area contributed by atoms with E-state index in [9.17, 15) is 13.6 Å². The van der Waals surface area contributed by atoms with Gasteiger partial charge >= 0.3 is 0 Å². The van der Waals surface area contributed by atoms with Gasteiger partial charge in [0.1, 0.15) is 0 Å². The quantitative estimate of drug-likeness (QED) is 0.431. The third kappa shape index (κ3) is 4.60. The van der Waals surface area contributed by atoms with Gasteiger partial charge in [-0.2, -0.15) is 5.10 Å². The molecule has 1 aromatic carbocycles. The minimum Gasteiger partial charge on any atom is -0.334 e. The summed E-state index contributed by atoms with van der Waals surface area (Å²) in [4.78, 5) is 19.9. The van der Waals surface area contributed by atoms with E-state index in [-0.39, 0.29) is 24.7 Å². The third-order valence-electron chi connectivity index (χ3n) is 7.70. The van der Waals surface area contributed by atoms with Gasteiger partial charge in [-0.3, -0.25) is 14.5 Å². The summed E-state index contributed by atoms with van der Waals surface area (Å²) in [5, 5.41) is 4.53. The normalized spacial score (nSPS) is 19.9. The lowest BCUT2D eigenvalue weighted by atomic mass is 9.87. The second kappa shape index (κ2) is 8.54. The van der Waals surface area contributed by atoms with Gasteiger partial charge in [-0.15, -0.1) is 0 Å². The number of carbonyl (C=O) groups excluding carboxylic acids is 1. The topological polar surface area (TPSA) is 51.0 Å². The van der Waals surface area contributed by atoms with Crippen LogP contribution in [0.1, 0.15) is 60.1 Å². The van der Waals surface area contributed by atoms with Crippen molar-refractivity contribution < 1.29 is 13.6 Å². The van der Waals surface area contributed by atoms with Gasteiger partial charge in [0.2, 0.25) is 5.92 Å². The van der Waals surface area contributed by atoms with Gasteiger partial charge in [-0.25, -0.2) is 8.78 Å². The molecule has 0 saturated heterocycles. The van der Waals surface area contributed by atoms with Crippen LogP contribution in [0.4, 0.5) is 8.78 Å². The highest BCUT2D eigenvalue weighted by Gasteiger charge is 2.35. The zero-order valence-corrected chi connectivity index (χ0v) is 20.0. The minimum absolute atomic E-state index is 0.0348. The number of hydrogen-bond donors (Lipinski definition) is 0. The van der Waals surface area contributed by atoms with E-state index in [1.165, 1.54) is 12.8 Å². The van der Waals surface area contributed by atoms with E-state index in [1.807, 2.05) is 41.0 Å². The van der Waals surface area contributed by atoms with Gasteiger partial charge in [-0.1, -0.05) is 18.2 Å². The Bertz CT molecular complexity index is 1270. The maximum absolute atomic E-state index is 13.5. The second-order valence-corrected chi connectivity index (χ2v) is 10.6. The lowest BCUT2D eigenvalue weighted by Gasteiger charge is -2.28. The summed E-state index contributed by atoms with van der Waals surface area (Å²) in [5.74, 6) is -1.51. The molecule has 2 fully saturated rings. The molecule has 1 aliphatic heterocycles. The van der Waals surface area contributed by atoms with Crippen molar-refractivity contribution in [2.45, 2.75) is 64.5 Å². The molecule has 0 bridgehead atoms. The molecule has 7 heteroatoms. The van der Waals surface area contributed by atoms with Crippen molar-refractivity contribution in [2.24, 2.45) is 11.8 Å². The van der Waals surface area contributed by atoms with Crippen LogP contribution in [0.5, 0.6) is 0 Å². The number of halogens is 2. The van der Waals surface area contributed by atoms with Crippen LogP contribution in [0, 0.1) is 18.8 Å². The summed E-state index contributed by atoms with van der Waals surface area (Å²) in [6.45, 7) is 4.16. The fraction of sp³-hybridized carbons (Fsp3) is 0.464. The summed E-state index contributed by atoms with van der Waals surface area (Å²) < 4.78 is 28.9. The van der Waals surface area contributed by atoms with E-state index in [0.717, 1.165) is 45.7 Å². The summed E-state index contributed by atoms with van der Waals surface area (Å²) in [6.07, 6.45) is 7.24. The molecule has 0 unspecified atom stereocenters. The Morgan fingerprint density at radius 1 is 0.971 bits per heavy atom. The SMILES string of the molecule is Cc1ccc(-c2cnn(CC3CCC(F)(F)CC3)c2)c(-c2ccc3c(c2)C(=O)N(CC2CC2)C3)n1. The van der Waals surface area contributed by atoms with Crippen LogP contribution in [0.3, 0.4) is 0 Å². The number of fused-ring (bicyclic) bond motifs is 1. The first-order chi connectivity index (χ1) is 16.8. The molecular formula is C28H30F2N4O. The number of rotatable bonds is 6. The number of amides is 1. The van der Waals surface area contributed by atoms with Crippen molar-refractivity contribution in [1.82, 2.24) is 19.7 Å². The molecule has 3 aromatic rings. The average molecular weight is 477 g/mol. The molecule has 0 N–H and O–H groups in total. The number of pyridine rings is 1. The van der Waals surface area contributed by atoms with E-state index in [0.29, 0.717) is 31.8 Å². The molecule has 3 heterocycles. The molecule has 35 heavy (non-hydrogen) atoms. The number of aromatic nitrogens is 3. The summed E-state index contributed by atoms with van der Waals surface area (Å²) in [5.41, 5.74) is 6.42.